The molecule has 1 aromatic rings. The van der Waals surface area contributed by atoms with E-state index in [0.29, 0.717) is 0 Å². The summed E-state index contributed by atoms with van der Waals surface area (Å²) in [5.74, 6) is -2.09. The van der Waals surface area contributed by atoms with Crippen LogP contribution in [-0.4, -0.2) is 24.7 Å². The van der Waals surface area contributed by atoms with E-state index >= 15 is 0 Å². The first-order valence-electron chi connectivity index (χ1n) is 6.68. The molecule has 1 saturated heterocycles. The van der Waals surface area contributed by atoms with Gasteiger partial charge in [0.2, 0.25) is 5.91 Å². The highest BCUT2D eigenvalue weighted by atomic mass is 19.4. The number of rotatable bonds is 3. The van der Waals surface area contributed by atoms with E-state index in [0.717, 1.165) is 5.56 Å². The lowest BCUT2D eigenvalue weighted by atomic mass is 9.94. The molecule has 7 heteroatoms. The van der Waals surface area contributed by atoms with E-state index in [1.54, 1.807) is 12.1 Å². The molecule has 0 saturated carbocycles. The van der Waals surface area contributed by atoms with E-state index < -0.39 is 18.1 Å². The fourth-order valence-electron chi connectivity index (χ4n) is 2.27. The van der Waals surface area contributed by atoms with E-state index in [2.05, 4.69) is 10.6 Å². The molecular weight excluding hydrogens is 288 g/mol. The molecule has 0 radical (unpaired) electrons. The van der Waals surface area contributed by atoms with Gasteiger partial charge in [0.05, 0.1) is 12.0 Å². The van der Waals surface area contributed by atoms with Gasteiger partial charge in [0.15, 0.2) is 0 Å². The minimum atomic E-state index is -4.22. The Hall–Kier alpha value is -1.63. The maximum absolute atomic E-state index is 12.7. The number of alkyl halides is 3. The number of piperidine rings is 1. The quantitative estimate of drug-likeness (QED) is 0.842. The molecule has 3 nitrogen and oxygen atoms in total. The third kappa shape index (κ3) is 4.42. The van der Waals surface area contributed by atoms with Crippen molar-refractivity contribution >= 4 is 5.91 Å². The van der Waals surface area contributed by atoms with Crippen molar-refractivity contribution in [2.75, 3.05) is 6.54 Å². The summed E-state index contributed by atoms with van der Waals surface area (Å²) in [6.45, 7) is -0.0157. The van der Waals surface area contributed by atoms with Gasteiger partial charge in [-0.25, -0.2) is 4.39 Å². The number of benzene rings is 1. The van der Waals surface area contributed by atoms with Crippen LogP contribution in [0, 0.1) is 11.7 Å². The molecule has 21 heavy (non-hydrogen) atoms. The van der Waals surface area contributed by atoms with Gasteiger partial charge in [-0.1, -0.05) is 12.1 Å². The van der Waals surface area contributed by atoms with Gasteiger partial charge < -0.3 is 10.6 Å². The van der Waals surface area contributed by atoms with E-state index in [9.17, 15) is 22.4 Å². The Morgan fingerprint density at radius 1 is 1.24 bits per heavy atom. The van der Waals surface area contributed by atoms with Crippen LogP contribution in [0.4, 0.5) is 17.6 Å². The second-order valence-corrected chi connectivity index (χ2v) is 5.12. The number of carbonyl (C=O) groups is 1. The van der Waals surface area contributed by atoms with Crippen LogP contribution in [0.5, 0.6) is 0 Å². The fraction of sp³-hybridized carbons (Fsp3) is 0.500. The fourth-order valence-corrected chi connectivity index (χ4v) is 2.27. The van der Waals surface area contributed by atoms with Crippen molar-refractivity contribution in [2.45, 2.75) is 31.6 Å². The van der Waals surface area contributed by atoms with Crippen LogP contribution in [0.1, 0.15) is 18.4 Å². The van der Waals surface area contributed by atoms with Gasteiger partial charge in [-0.3, -0.25) is 4.79 Å². The first-order chi connectivity index (χ1) is 9.86. The van der Waals surface area contributed by atoms with Gasteiger partial charge >= 0.3 is 6.18 Å². The summed E-state index contributed by atoms with van der Waals surface area (Å²) in [5.41, 5.74) is 0.730. The van der Waals surface area contributed by atoms with Crippen molar-refractivity contribution in [1.82, 2.24) is 10.6 Å². The molecule has 1 heterocycles. The Balaban J connectivity index is 1.78. The normalized spacial score (nSPS) is 22.9. The minimum absolute atomic E-state index is 0.0505. The second kappa shape index (κ2) is 6.43. The first kappa shape index (κ1) is 15.8. The van der Waals surface area contributed by atoms with E-state index in [1.165, 1.54) is 12.1 Å². The number of amides is 1. The van der Waals surface area contributed by atoms with Gasteiger partial charge in [-0.2, -0.15) is 13.2 Å². The maximum Gasteiger partial charge on any atom is 0.393 e. The van der Waals surface area contributed by atoms with Crippen molar-refractivity contribution in [3.63, 3.8) is 0 Å². The molecule has 0 aromatic heterocycles. The zero-order valence-electron chi connectivity index (χ0n) is 11.2. The summed E-state index contributed by atoms with van der Waals surface area (Å²) in [5, 5.41) is 5.27. The predicted octanol–water partition coefficient (Wildman–Crippen LogP) is 2.37. The average molecular weight is 304 g/mol. The molecule has 1 fully saturated rings. The summed E-state index contributed by atoms with van der Waals surface area (Å²) >= 11 is 0. The highest BCUT2D eigenvalue weighted by Gasteiger charge is 2.42. The standard InChI is InChI=1S/C14H16F4N2O/c15-11-4-1-9(2-5-11)7-20-13(21)12-6-3-10(8-19-12)14(16,17)18/h1-2,4-5,10,12,19H,3,6-8H2,(H,20,21). The van der Waals surface area contributed by atoms with E-state index in [4.69, 9.17) is 0 Å². The number of nitrogens with one attached hydrogen (secondary N) is 2. The smallest absolute Gasteiger partial charge is 0.351 e. The van der Waals surface area contributed by atoms with Crippen molar-refractivity contribution in [1.29, 1.82) is 0 Å². The van der Waals surface area contributed by atoms with E-state index in [-0.39, 0.29) is 37.7 Å². The van der Waals surface area contributed by atoms with Crippen LogP contribution in [0.3, 0.4) is 0 Å². The predicted molar refractivity (Wildman–Crippen MR) is 68.8 cm³/mol. The van der Waals surface area contributed by atoms with Crippen LogP contribution in [0.2, 0.25) is 0 Å². The lowest BCUT2D eigenvalue weighted by Crippen LogP contribution is -2.51. The van der Waals surface area contributed by atoms with Gasteiger partial charge in [-0.15, -0.1) is 0 Å². The Morgan fingerprint density at radius 2 is 1.90 bits per heavy atom. The van der Waals surface area contributed by atoms with Gasteiger partial charge in [0, 0.05) is 13.1 Å². The Labute approximate surface area is 119 Å². The second-order valence-electron chi connectivity index (χ2n) is 5.12. The van der Waals surface area contributed by atoms with Crippen molar-refractivity contribution < 1.29 is 22.4 Å². The van der Waals surface area contributed by atoms with Crippen LogP contribution in [-0.2, 0) is 11.3 Å². The average Bonchev–Trinajstić information content (AvgIpc) is 2.45. The molecule has 1 aliphatic heterocycles. The summed E-state index contributed by atoms with van der Waals surface area (Å²) in [6.07, 6.45) is -4.12. The van der Waals surface area contributed by atoms with Crippen LogP contribution >= 0.6 is 0 Å². The summed E-state index contributed by atoms with van der Waals surface area (Å²) in [4.78, 5) is 11.9. The molecule has 2 rings (SSSR count). The van der Waals surface area contributed by atoms with Gasteiger partial charge in [0.1, 0.15) is 5.82 Å². The highest BCUT2D eigenvalue weighted by molar-refractivity contribution is 5.81. The molecule has 1 amide bonds. The number of hydrogen-bond donors (Lipinski definition) is 2. The van der Waals surface area contributed by atoms with Gasteiger partial charge in [-0.05, 0) is 30.5 Å². The SMILES string of the molecule is O=C(NCc1ccc(F)cc1)C1CCC(C(F)(F)F)CN1. The van der Waals surface area contributed by atoms with Crippen molar-refractivity contribution in [2.24, 2.45) is 5.92 Å². The minimum Gasteiger partial charge on any atom is -0.351 e. The van der Waals surface area contributed by atoms with Crippen LogP contribution in [0.15, 0.2) is 24.3 Å². The summed E-state index contributed by atoms with van der Waals surface area (Å²) in [7, 11) is 0. The lowest BCUT2D eigenvalue weighted by Gasteiger charge is -2.30. The molecule has 0 bridgehead atoms. The Morgan fingerprint density at radius 3 is 2.43 bits per heavy atom. The monoisotopic (exact) mass is 304 g/mol. The topological polar surface area (TPSA) is 41.1 Å². The number of hydrogen-bond acceptors (Lipinski definition) is 2. The third-order valence-electron chi connectivity index (χ3n) is 3.57. The van der Waals surface area contributed by atoms with Crippen LogP contribution < -0.4 is 10.6 Å². The number of halogens is 4. The lowest BCUT2D eigenvalue weighted by molar-refractivity contribution is -0.180. The molecule has 2 unspecified atom stereocenters. The summed E-state index contributed by atoms with van der Waals surface area (Å²) < 4.78 is 50.2. The van der Waals surface area contributed by atoms with Crippen LogP contribution in [0.25, 0.3) is 0 Å². The zero-order valence-corrected chi connectivity index (χ0v) is 11.2. The molecule has 2 atom stereocenters. The molecule has 1 aliphatic rings. The van der Waals surface area contributed by atoms with Gasteiger partial charge in [0.25, 0.3) is 0 Å². The molecular formula is C14H16F4N2O. The van der Waals surface area contributed by atoms with Crippen molar-refractivity contribution in [3.05, 3.63) is 35.6 Å². The van der Waals surface area contributed by atoms with Crippen molar-refractivity contribution in [3.8, 4) is 0 Å². The first-order valence-corrected chi connectivity index (χ1v) is 6.68. The third-order valence-corrected chi connectivity index (χ3v) is 3.57. The Bertz CT molecular complexity index is 479. The molecule has 0 spiro atoms. The molecule has 116 valence electrons. The molecule has 2 N–H and O–H groups in total. The summed E-state index contributed by atoms with van der Waals surface area (Å²) in [6, 6.07) is 5.06. The highest BCUT2D eigenvalue weighted by Crippen LogP contribution is 2.31. The van der Waals surface area contributed by atoms with E-state index in [1.807, 2.05) is 0 Å². The molecule has 0 aliphatic carbocycles. The maximum atomic E-state index is 12.7. The zero-order chi connectivity index (χ0) is 15.5. The largest absolute Gasteiger partial charge is 0.393 e. The molecule has 1 aromatic carbocycles. The Kier molecular flexibility index (Phi) is 4.82. The number of carbonyl (C=O) groups excluding carboxylic acids is 1.